The van der Waals surface area contributed by atoms with Crippen LogP contribution in [0.25, 0.3) is 0 Å². The minimum absolute atomic E-state index is 0.244. The Balaban J connectivity index is 2.61. The minimum atomic E-state index is 0.244. The Hall–Kier alpha value is -0.340. The van der Waals surface area contributed by atoms with E-state index in [4.69, 9.17) is 5.73 Å². The molecule has 0 saturated heterocycles. The quantitative estimate of drug-likeness (QED) is 0.520. The zero-order chi connectivity index (χ0) is 7.56. The topological polar surface area (TPSA) is 38.0 Å². The molecule has 3 N–H and O–H groups in total. The molecule has 0 aromatic carbocycles. The van der Waals surface area contributed by atoms with Gasteiger partial charge in [0, 0.05) is 19.1 Å². The molecule has 0 spiro atoms. The number of nitrogens with two attached hydrogens (primary N) is 1. The third kappa shape index (κ3) is 1.58. The molecular formula is C8H16N2. The largest absolute Gasteiger partial charge is 0.323 e. The fourth-order valence-corrected chi connectivity index (χ4v) is 1.36. The summed E-state index contributed by atoms with van der Waals surface area (Å²) in [6, 6.07) is 0.244. The van der Waals surface area contributed by atoms with E-state index in [1.807, 2.05) is 0 Å². The standard InChI is InChI=1S/C8H16N2/c1-6(2)7-3-4-10-5-8(7)9/h3,6,8,10H,4-5,9H2,1-2H3. The van der Waals surface area contributed by atoms with Crippen LogP contribution in [0.5, 0.6) is 0 Å². The average molecular weight is 140 g/mol. The molecule has 2 nitrogen and oxygen atoms in total. The van der Waals surface area contributed by atoms with Gasteiger partial charge in [-0.05, 0) is 5.92 Å². The molecule has 0 aromatic rings. The molecule has 0 aromatic heterocycles. The van der Waals surface area contributed by atoms with E-state index in [2.05, 4.69) is 25.2 Å². The van der Waals surface area contributed by atoms with Crippen molar-refractivity contribution >= 4 is 0 Å². The van der Waals surface area contributed by atoms with Crippen LogP contribution in [0.3, 0.4) is 0 Å². The molecule has 1 heterocycles. The number of rotatable bonds is 1. The third-order valence-corrected chi connectivity index (χ3v) is 1.94. The van der Waals surface area contributed by atoms with Crippen LogP contribution in [-0.2, 0) is 0 Å². The third-order valence-electron chi connectivity index (χ3n) is 1.94. The molecule has 0 aliphatic carbocycles. The Bertz CT molecular complexity index is 138. The molecule has 0 saturated carbocycles. The summed E-state index contributed by atoms with van der Waals surface area (Å²) in [5.74, 6) is 0.608. The van der Waals surface area contributed by atoms with Crippen molar-refractivity contribution in [1.29, 1.82) is 0 Å². The van der Waals surface area contributed by atoms with Crippen molar-refractivity contribution in [1.82, 2.24) is 5.32 Å². The summed E-state index contributed by atoms with van der Waals surface area (Å²) in [7, 11) is 0. The zero-order valence-corrected chi connectivity index (χ0v) is 6.72. The molecule has 0 fully saturated rings. The Labute approximate surface area is 62.5 Å². The number of hydrogen-bond acceptors (Lipinski definition) is 2. The lowest BCUT2D eigenvalue weighted by Gasteiger charge is -2.23. The van der Waals surface area contributed by atoms with E-state index in [9.17, 15) is 0 Å². The van der Waals surface area contributed by atoms with E-state index in [1.165, 1.54) is 5.57 Å². The van der Waals surface area contributed by atoms with Crippen LogP contribution in [0, 0.1) is 5.92 Å². The van der Waals surface area contributed by atoms with Crippen molar-refractivity contribution in [2.75, 3.05) is 13.1 Å². The van der Waals surface area contributed by atoms with Gasteiger partial charge >= 0.3 is 0 Å². The van der Waals surface area contributed by atoms with Crippen molar-refractivity contribution in [3.05, 3.63) is 11.6 Å². The van der Waals surface area contributed by atoms with E-state index in [0.29, 0.717) is 5.92 Å². The summed E-state index contributed by atoms with van der Waals surface area (Å²) in [4.78, 5) is 0. The number of nitrogens with one attached hydrogen (secondary N) is 1. The van der Waals surface area contributed by atoms with Crippen molar-refractivity contribution in [2.45, 2.75) is 19.9 Å². The molecule has 0 bridgehead atoms. The van der Waals surface area contributed by atoms with Gasteiger partial charge in [0.05, 0.1) is 0 Å². The highest BCUT2D eigenvalue weighted by molar-refractivity contribution is 5.16. The fraction of sp³-hybridized carbons (Fsp3) is 0.750. The average Bonchev–Trinajstić information content (AvgIpc) is 1.88. The molecular weight excluding hydrogens is 124 g/mol. The van der Waals surface area contributed by atoms with E-state index < -0.39 is 0 Å². The van der Waals surface area contributed by atoms with Gasteiger partial charge in [-0.1, -0.05) is 25.5 Å². The second kappa shape index (κ2) is 3.17. The Kier molecular flexibility index (Phi) is 2.46. The first-order chi connectivity index (χ1) is 4.72. The van der Waals surface area contributed by atoms with E-state index in [1.54, 1.807) is 0 Å². The first kappa shape index (κ1) is 7.76. The van der Waals surface area contributed by atoms with Crippen LogP contribution in [0.2, 0.25) is 0 Å². The molecule has 1 unspecified atom stereocenters. The van der Waals surface area contributed by atoms with Gasteiger partial charge in [0.1, 0.15) is 0 Å². The molecule has 1 aliphatic rings. The van der Waals surface area contributed by atoms with Gasteiger partial charge in [-0.15, -0.1) is 0 Å². The van der Waals surface area contributed by atoms with Gasteiger partial charge < -0.3 is 11.1 Å². The highest BCUT2D eigenvalue weighted by Crippen LogP contribution is 2.13. The SMILES string of the molecule is CC(C)C1=CCNCC1N. The predicted molar refractivity (Wildman–Crippen MR) is 43.8 cm³/mol. The molecule has 1 rings (SSSR count). The van der Waals surface area contributed by atoms with Crippen LogP contribution in [0.1, 0.15) is 13.8 Å². The molecule has 10 heavy (non-hydrogen) atoms. The summed E-state index contributed by atoms with van der Waals surface area (Å²) < 4.78 is 0. The normalized spacial score (nSPS) is 26.8. The van der Waals surface area contributed by atoms with Gasteiger partial charge in [0.25, 0.3) is 0 Å². The lowest BCUT2D eigenvalue weighted by atomic mass is 9.94. The Morgan fingerprint density at radius 1 is 1.70 bits per heavy atom. The predicted octanol–water partition coefficient (Wildman–Crippen LogP) is 0.499. The maximum atomic E-state index is 5.85. The van der Waals surface area contributed by atoms with Crippen molar-refractivity contribution in [2.24, 2.45) is 11.7 Å². The van der Waals surface area contributed by atoms with E-state index in [-0.39, 0.29) is 6.04 Å². The number of hydrogen-bond donors (Lipinski definition) is 2. The van der Waals surface area contributed by atoms with E-state index >= 15 is 0 Å². The first-order valence-corrected chi connectivity index (χ1v) is 3.88. The van der Waals surface area contributed by atoms with Crippen LogP contribution in [-0.4, -0.2) is 19.1 Å². The summed E-state index contributed by atoms with van der Waals surface area (Å²) in [6.45, 7) is 6.30. The van der Waals surface area contributed by atoms with Crippen molar-refractivity contribution < 1.29 is 0 Å². The lowest BCUT2D eigenvalue weighted by Crippen LogP contribution is -2.40. The smallest absolute Gasteiger partial charge is 0.0383 e. The molecule has 58 valence electrons. The fourth-order valence-electron chi connectivity index (χ4n) is 1.36. The second-order valence-corrected chi connectivity index (χ2v) is 3.12. The highest BCUT2D eigenvalue weighted by atomic mass is 14.9. The van der Waals surface area contributed by atoms with E-state index in [0.717, 1.165) is 13.1 Å². The van der Waals surface area contributed by atoms with Gasteiger partial charge in [0.2, 0.25) is 0 Å². The van der Waals surface area contributed by atoms with Crippen LogP contribution < -0.4 is 11.1 Å². The monoisotopic (exact) mass is 140 g/mol. The Morgan fingerprint density at radius 2 is 2.40 bits per heavy atom. The van der Waals surface area contributed by atoms with Crippen LogP contribution in [0.15, 0.2) is 11.6 Å². The maximum absolute atomic E-state index is 5.85. The van der Waals surface area contributed by atoms with Gasteiger partial charge in [-0.2, -0.15) is 0 Å². The lowest BCUT2D eigenvalue weighted by molar-refractivity contribution is 0.564. The summed E-state index contributed by atoms with van der Waals surface area (Å²) in [5.41, 5.74) is 7.25. The van der Waals surface area contributed by atoms with Crippen LogP contribution >= 0.6 is 0 Å². The molecule has 2 heteroatoms. The molecule has 0 radical (unpaired) electrons. The minimum Gasteiger partial charge on any atom is -0.323 e. The van der Waals surface area contributed by atoms with Crippen molar-refractivity contribution in [3.63, 3.8) is 0 Å². The summed E-state index contributed by atoms with van der Waals surface area (Å²) >= 11 is 0. The van der Waals surface area contributed by atoms with Crippen molar-refractivity contribution in [3.8, 4) is 0 Å². The molecule has 1 atom stereocenters. The van der Waals surface area contributed by atoms with Gasteiger partial charge in [-0.25, -0.2) is 0 Å². The molecule has 1 aliphatic heterocycles. The highest BCUT2D eigenvalue weighted by Gasteiger charge is 2.14. The zero-order valence-electron chi connectivity index (χ0n) is 6.72. The van der Waals surface area contributed by atoms with Gasteiger partial charge in [-0.3, -0.25) is 0 Å². The molecule has 0 amide bonds. The summed E-state index contributed by atoms with van der Waals surface area (Å²) in [6.07, 6.45) is 2.21. The van der Waals surface area contributed by atoms with Crippen LogP contribution in [0.4, 0.5) is 0 Å². The maximum Gasteiger partial charge on any atom is 0.0383 e. The first-order valence-electron chi connectivity index (χ1n) is 3.88. The Morgan fingerprint density at radius 3 is 2.80 bits per heavy atom. The summed E-state index contributed by atoms with van der Waals surface area (Å²) in [5, 5.41) is 3.22. The van der Waals surface area contributed by atoms with Gasteiger partial charge in [0.15, 0.2) is 0 Å². The second-order valence-electron chi connectivity index (χ2n) is 3.12.